The number of fused-ring (bicyclic) bond motifs is 1. The molecule has 150 valence electrons. The van der Waals surface area contributed by atoms with Crippen molar-refractivity contribution in [1.29, 1.82) is 0 Å². The van der Waals surface area contributed by atoms with E-state index in [9.17, 15) is 4.79 Å². The highest BCUT2D eigenvalue weighted by Gasteiger charge is 2.19. The summed E-state index contributed by atoms with van der Waals surface area (Å²) in [6.07, 6.45) is 1.89. The van der Waals surface area contributed by atoms with Crippen molar-refractivity contribution < 1.29 is 0 Å². The number of thioether (sulfide) groups is 1. The van der Waals surface area contributed by atoms with Crippen LogP contribution in [0.15, 0.2) is 69.4 Å². The van der Waals surface area contributed by atoms with E-state index in [4.69, 9.17) is 4.98 Å². The summed E-state index contributed by atoms with van der Waals surface area (Å²) >= 11 is 4.73. The van der Waals surface area contributed by atoms with E-state index in [0.717, 1.165) is 31.7 Å². The van der Waals surface area contributed by atoms with Crippen molar-refractivity contribution in [2.24, 2.45) is 7.05 Å². The van der Waals surface area contributed by atoms with Gasteiger partial charge in [-0.2, -0.15) is 0 Å². The summed E-state index contributed by atoms with van der Waals surface area (Å²) < 4.78 is 2.08. The maximum Gasteiger partial charge on any atom is 0.260 e. The molecule has 4 aromatic heterocycles. The van der Waals surface area contributed by atoms with Crippen LogP contribution in [0.4, 0.5) is 0 Å². The molecule has 5 nitrogen and oxygen atoms in total. The number of hydrogen-bond donors (Lipinski definition) is 1. The first-order valence-corrected chi connectivity index (χ1v) is 12.0. The second-order valence-corrected chi connectivity index (χ2v) is 9.98. The number of benzene rings is 1. The molecular weight excluding hydrogens is 432 g/mol. The average Bonchev–Trinajstić information content (AvgIpc) is 3.49. The summed E-state index contributed by atoms with van der Waals surface area (Å²) in [4.78, 5) is 27.1. The number of thiophene rings is 2. The molecule has 0 radical (unpaired) electrons. The van der Waals surface area contributed by atoms with Gasteiger partial charge in [-0.25, -0.2) is 9.97 Å². The monoisotopic (exact) mass is 450 g/mol. The third-order valence-electron chi connectivity index (χ3n) is 4.93. The van der Waals surface area contributed by atoms with Gasteiger partial charge in [0.25, 0.3) is 5.56 Å². The second-order valence-electron chi connectivity index (χ2n) is 6.87. The Bertz CT molecular complexity index is 1370. The standard InChI is InChI=1S/C22H18N4OS3/c1-13(30-22-23-11-16(26(22)2)14-7-4-3-5-8-14)19-24-20(27)18-15(12-29-21(18)25-19)17-9-6-10-28-17/h3-13H,1-2H3,(H,24,25,27). The van der Waals surface area contributed by atoms with Gasteiger partial charge in [0.15, 0.2) is 5.16 Å². The number of aromatic nitrogens is 4. The van der Waals surface area contributed by atoms with E-state index in [1.54, 1.807) is 23.1 Å². The Labute approximate surface area is 185 Å². The quantitative estimate of drug-likeness (QED) is 0.335. The molecule has 1 atom stereocenters. The van der Waals surface area contributed by atoms with Gasteiger partial charge < -0.3 is 9.55 Å². The van der Waals surface area contributed by atoms with E-state index in [-0.39, 0.29) is 10.8 Å². The van der Waals surface area contributed by atoms with Gasteiger partial charge in [-0.05, 0) is 23.9 Å². The van der Waals surface area contributed by atoms with Crippen LogP contribution in [0.25, 0.3) is 31.9 Å². The van der Waals surface area contributed by atoms with Crippen LogP contribution >= 0.6 is 34.4 Å². The van der Waals surface area contributed by atoms with Crippen LogP contribution in [0.1, 0.15) is 18.0 Å². The number of H-pyrrole nitrogens is 1. The molecule has 0 bridgehead atoms. The normalized spacial score (nSPS) is 12.5. The Balaban J connectivity index is 1.45. The SMILES string of the molecule is CC(Sc1ncc(-c2ccccc2)n1C)c1nc2scc(-c3cccs3)c2c(=O)[nH]1. The summed E-state index contributed by atoms with van der Waals surface area (Å²) in [5.74, 6) is 0.668. The first-order valence-electron chi connectivity index (χ1n) is 9.41. The van der Waals surface area contributed by atoms with Crippen molar-refractivity contribution in [1.82, 2.24) is 19.5 Å². The van der Waals surface area contributed by atoms with Crippen LogP contribution in [0.5, 0.6) is 0 Å². The molecule has 0 saturated carbocycles. The lowest BCUT2D eigenvalue weighted by Gasteiger charge is -2.11. The zero-order valence-corrected chi connectivity index (χ0v) is 18.8. The van der Waals surface area contributed by atoms with Gasteiger partial charge in [0.05, 0.1) is 22.5 Å². The van der Waals surface area contributed by atoms with E-state index in [1.807, 2.05) is 61.3 Å². The number of hydrogen-bond acceptors (Lipinski definition) is 6. The molecule has 0 aliphatic carbocycles. The summed E-state index contributed by atoms with van der Waals surface area (Å²) in [5, 5.41) is 5.55. The lowest BCUT2D eigenvalue weighted by atomic mass is 10.2. The number of imidazole rings is 1. The molecule has 8 heteroatoms. The van der Waals surface area contributed by atoms with Gasteiger partial charge in [0, 0.05) is 22.9 Å². The molecule has 0 aliphatic rings. The zero-order chi connectivity index (χ0) is 20.7. The summed E-state index contributed by atoms with van der Waals surface area (Å²) in [6, 6.07) is 14.2. The van der Waals surface area contributed by atoms with Gasteiger partial charge in [-0.1, -0.05) is 48.2 Å². The van der Waals surface area contributed by atoms with Crippen LogP contribution in [-0.2, 0) is 7.05 Å². The van der Waals surface area contributed by atoms with Crippen LogP contribution in [0.3, 0.4) is 0 Å². The van der Waals surface area contributed by atoms with E-state index in [1.165, 1.54) is 11.3 Å². The molecule has 0 fully saturated rings. The number of rotatable bonds is 5. The minimum atomic E-state index is -0.0862. The highest BCUT2D eigenvalue weighted by Crippen LogP contribution is 2.37. The maximum atomic E-state index is 12.9. The average molecular weight is 451 g/mol. The van der Waals surface area contributed by atoms with Crippen LogP contribution in [0, 0.1) is 0 Å². The molecular formula is C22H18N4OS3. The molecule has 0 aliphatic heterocycles. The Morgan fingerprint density at radius 2 is 1.97 bits per heavy atom. The van der Waals surface area contributed by atoms with Gasteiger partial charge in [0.2, 0.25) is 0 Å². The fraction of sp³-hybridized carbons (Fsp3) is 0.136. The lowest BCUT2D eigenvalue weighted by molar-refractivity contribution is 0.789. The van der Waals surface area contributed by atoms with Gasteiger partial charge in [0.1, 0.15) is 10.7 Å². The van der Waals surface area contributed by atoms with Gasteiger partial charge in [-0.15, -0.1) is 22.7 Å². The Morgan fingerprint density at radius 3 is 2.73 bits per heavy atom. The molecule has 1 N–H and O–H groups in total. The van der Waals surface area contributed by atoms with E-state index in [2.05, 4.69) is 26.7 Å². The highest BCUT2D eigenvalue weighted by molar-refractivity contribution is 7.99. The summed E-state index contributed by atoms with van der Waals surface area (Å²) in [5.41, 5.74) is 3.06. The van der Waals surface area contributed by atoms with E-state index >= 15 is 0 Å². The van der Waals surface area contributed by atoms with Gasteiger partial charge in [-0.3, -0.25) is 4.79 Å². The van der Waals surface area contributed by atoms with E-state index in [0.29, 0.717) is 11.2 Å². The van der Waals surface area contributed by atoms with Crippen molar-refractivity contribution in [3.8, 4) is 21.7 Å². The fourth-order valence-electron chi connectivity index (χ4n) is 3.36. The van der Waals surface area contributed by atoms with Crippen LogP contribution in [-0.4, -0.2) is 19.5 Å². The summed E-state index contributed by atoms with van der Waals surface area (Å²) in [6.45, 7) is 2.04. The van der Waals surface area contributed by atoms with Crippen molar-refractivity contribution in [3.05, 3.63) is 75.6 Å². The molecule has 1 unspecified atom stereocenters. The maximum absolute atomic E-state index is 12.9. The minimum Gasteiger partial charge on any atom is -0.322 e. The van der Waals surface area contributed by atoms with Crippen molar-refractivity contribution in [3.63, 3.8) is 0 Å². The Hall–Kier alpha value is -2.68. The highest BCUT2D eigenvalue weighted by atomic mass is 32.2. The topological polar surface area (TPSA) is 63.6 Å². The van der Waals surface area contributed by atoms with Crippen molar-refractivity contribution >= 4 is 44.7 Å². The van der Waals surface area contributed by atoms with E-state index < -0.39 is 0 Å². The Kier molecular flexibility index (Phi) is 5.06. The number of nitrogens with zero attached hydrogens (tertiary/aromatic N) is 3. The molecule has 5 rings (SSSR count). The molecule has 0 spiro atoms. The predicted molar refractivity (Wildman–Crippen MR) is 126 cm³/mol. The third kappa shape index (κ3) is 3.40. The molecule has 5 aromatic rings. The fourth-order valence-corrected chi connectivity index (χ4v) is 6.04. The zero-order valence-electron chi connectivity index (χ0n) is 16.3. The van der Waals surface area contributed by atoms with Crippen LogP contribution < -0.4 is 5.56 Å². The summed E-state index contributed by atoms with van der Waals surface area (Å²) in [7, 11) is 2.01. The number of nitrogens with one attached hydrogen (secondary N) is 1. The number of aromatic amines is 1. The van der Waals surface area contributed by atoms with Gasteiger partial charge >= 0.3 is 0 Å². The molecule has 1 aromatic carbocycles. The molecule has 4 heterocycles. The first-order chi connectivity index (χ1) is 14.6. The largest absolute Gasteiger partial charge is 0.322 e. The molecule has 0 saturated heterocycles. The first kappa shape index (κ1) is 19.3. The van der Waals surface area contributed by atoms with Crippen LogP contribution in [0.2, 0.25) is 0 Å². The lowest BCUT2D eigenvalue weighted by Crippen LogP contribution is -2.12. The van der Waals surface area contributed by atoms with Crippen molar-refractivity contribution in [2.45, 2.75) is 17.3 Å². The Morgan fingerprint density at radius 1 is 1.13 bits per heavy atom. The molecule has 30 heavy (non-hydrogen) atoms. The molecule has 0 amide bonds. The second kappa shape index (κ2) is 7.86. The van der Waals surface area contributed by atoms with Crippen molar-refractivity contribution in [2.75, 3.05) is 0 Å². The third-order valence-corrected chi connectivity index (χ3v) is 7.87. The minimum absolute atomic E-state index is 0.0425. The predicted octanol–water partition coefficient (Wildman–Crippen LogP) is 5.97. The smallest absolute Gasteiger partial charge is 0.260 e.